The molecule has 76 valence electrons. The van der Waals surface area contributed by atoms with E-state index in [0.29, 0.717) is 11.7 Å². The van der Waals surface area contributed by atoms with E-state index in [1.165, 1.54) is 43.4 Å². The first-order chi connectivity index (χ1) is 6.75. The van der Waals surface area contributed by atoms with Gasteiger partial charge in [0.1, 0.15) is 5.82 Å². The summed E-state index contributed by atoms with van der Waals surface area (Å²) in [4.78, 5) is 4.44. The van der Waals surface area contributed by atoms with E-state index in [2.05, 4.69) is 18.0 Å². The molecule has 1 fully saturated rings. The molecule has 0 saturated heterocycles. The highest BCUT2D eigenvalue weighted by Gasteiger charge is 2.16. The standard InChI is InChI=1S/C12H18N2/c1-9-7-11(14-12(13)8-9)10-5-3-2-4-6-10/h7-8,10H,2-6H2,1H3,(H2,13,14). The molecular formula is C12H18N2. The number of anilines is 1. The van der Waals surface area contributed by atoms with E-state index in [-0.39, 0.29) is 0 Å². The van der Waals surface area contributed by atoms with Crippen molar-refractivity contribution in [1.29, 1.82) is 0 Å². The average Bonchev–Trinajstić information content (AvgIpc) is 2.18. The van der Waals surface area contributed by atoms with Crippen molar-refractivity contribution < 1.29 is 0 Å². The quantitative estimate of drug-likeness (QED) is 0.739. The van der Waals surface area contributed by atoms with Crippen molar-refractivity contribution >= 4 is 5.82 Å². The van der Waals surface area contributed by atoms with Crippen LogP contribution in [0.2, 0.25) is 0 Å². The summed E-state index contributed by atoms with van der Waals surface area (Å²) in [5.74, 6) is 1.33. The van der Waals surface area contributed by atoms with E-state index in [1.807, 2.05) is 6.07 Å². The Balaban J connectivity index is 2.21. The number of aromatic nitrogens is 1. The van der Waals surface area contributed by atoms with Gasteiger partial charge in [-0.3, -0.25) is 0 Å². The van der Waals surface area contributed by atoms with Crippen LogP contribution in [0.15, 0.2) is 12.1 Å². The highest BCUT2D eigenvalue weighted by molar-refractivity contribution is 5.35. The number of hydrogen-bond donors (Lipinski definition) is 1. The molecule has 0 aromatic carbocycles. The normalized spacial score (nSPS) is 18.4. The fourth-order valence-electron chi connectivity index (χ4n) is 2.33. The fourth-order valence-corrected chi connectivity index (χ4v) is 2.33. The number of nitrogens with two attached hydrogens (primary N) is 1. The lowest BCUT2D eigenvalue weighted by molar-refractivity contribution is 0.437. The molecule has 1 aliphatic carbocycles. The van der Waals surface area contributed by atoms with Gasteiger partial charge in [0.2, 0.25) is 0 Å². The Morgan fingerprint density at radius 1 is 1.21 bits per heavy atom. The third-order valence-electron chi connectivity index (χ3n) is 3.03. The molecule has 0 atom stereocenters. The molecule has 0 bridgehead atoms. The Hall–Kier alpha value is -1.05. The second kappa shape index (κ2) is 3.99. The summed E-state index contributed by atoms with van der Waals surface area (Å²) in [6, 6.07) is 4.12. The maximum absolute atomic E-state index is 5.75. The Labute approximate surface area is 85.5 Å². The topological polar surface area (TPSA) is 38.9 Å². The van der Waals surface area contributed by atoms with Crippen LogP contribution in [0, 0.1) is 6.92 Å². The molecule has 0 radical (unpaired) electrons. The molecular weight excluding hydrogens is 172 g/mol. The molecule has 2 rings (SSSR count). The van der Waals surface area contributed by atoms with Crippen LogP contribution < -0.4 is 5.73 Å². The van der Waals surface area contributed by atoms with Gasteiger partial charge in [0, 0.05) is 11.6 Å². The Kier molecular flexibility index (Phi) is 2.71. The molecule has 2 nitrogen and oxygen atoms in total. The lowest BCUT2D eigenvalue weighted by atomic mass is 9.86. The predicted octanol–water partition coefficient (Wildman–Crippen LogP) is 3.02. The molecule has 1 saturated carbocycles. The highest BCUT2D eigenvalue weighted by atomic mass is 14.8. The first kappa shape index (κ1) is 9.50. The van der Waals surface area contributed by atoms with Crippen LogP contribution in [-0.4, -0.2) is 4.98 Å². The van der Waals surface area contributed by atoms with Crippen molar-refractivity contribution in [1.82, 2.24) is 4.98 Å². The zero-order valence-electron chi connectivity index (χ0n) is 8.79. The molecule has 0 unspecified atom stereocenters. The van der Waals surface area contributed by atoms with Crippen molar-refractivity contribution in [3.63, 3.8) is 0 Å². The summed E-state index contributed by atoms with van der Waals surface area (Å²) < 4.78 is 0. The van der Waals surface area contributed by atoms with E-state index in [1.54, 1.807) is 0 Å². The average molecular weight is 190 g/mol. The Morgan fingerprint density at radius 3 is 2.57 bits per heavy atom. The molecule has 14 heavy (non-hydrogen) atoms. The van der Waals surface area contributed by atoms with Gasteiger partial charge in [-0.1, -0.05) is 19.3 Å². The summed E-state index contributed by atoms with van der Waals surface area (Å²) in [5.41, 5.74) is 8.20. The molecule has 2 N–H and O–H groups in total. The number of nitrogen functional groups attached to an aromatic ring is 1. The van der Waals surface area contributed by atoms with Crippen molar-refractivity contribution in [2.75, 3.05) is 5.73 Å². The Morgan fingerprint density at radius 2 is 1.93 bits per heavy atom. The van der Waals surface area contributed by atoms with Gasteiger partial charge in [-0.05, 0) is 37.5 Å². The van der Waals surface area contributed by atoms with Crippen LogP contribution in [0.4, 0.5) is 5.82 Å². The molecule has 0 aliphatic heterocycles. The largest absolute Gasteiger partial charge is 0.384 e. The van der Waals surface area contributed by atoms with Gasteiger partial charge in [0.25, 0.3) is 0 Å². The third kappa shape index (κ3) is 2.06. The summed E-state index contributed by atoms with van der Waals surface area (Å²) in [5, 5.41) is 0. The summed E-state index contributed by atoms with van der Waals surface area (Å²) in [6.07, 6.45) is 6.66. The van der Waals surface area contributed by atoms with E-state index < -0.39 is 0 Å². The van der Waals surface area contributed by atoms with Crippen LogP contribution in [0.25, 0.3) is 0 Å². The van der Waals surface area contributed by atoms with Crippen LogP contribution in [-0.2, 0) is 0 Å². The van der Waals surface area contributed by atoms with Crippen molar-refractivity contribution in [2.45, 2.75) is 44.9 Å². The van der Waals surface area contributed by atoms with Crippen molar-refractivity contribution in [3.05, 3.63) is 23.4 Å². The number of aryl methyl sites for hydroxylation is 1. The van der Waals surface area contributed by atoms with Crippen LogP contribution in [0.1, 0.15) is 49.3 Å². The van der Waals surface area contributed by atoms with Crippen LogP contribution in [0.5, 0.6) is 0 Å². The van der Waals surface area contributed by atoms with Crippen LogP contribution in [0.3, 0.4) is 0 Å². The molecule has 1 aromatic heterocycles. The van der Waals surface area contributed by atoms with Crippen molar-refractivity contribution in [2.24, 2.45) is 0 Å². The van der Waals surface area contributed by atoms with E-state index in [9.17, 15) is 0 Å². The molecule has 1 aromatic rings. The van der Waals surface area contributed by atoms with Gasteiger partial charge in [0.05, 0.1) is 0 Å². The molecule has 1 aliphatic rings. The minimum Gasteiger partial charge on any atom is -0.384 e. The first-order valence-corrected chi connectivity index (χ1v) is 5.50. The Bertz CT molecular complexity index is 294. The zero-order chi connectivity index (χ0) is 9.97. The highest BCUT2D eigenvalue weighted by Crippen LogP contribution is 2.32. The number of hydrogen-bond acceptors (Lipinski definition) is 2. The predicted molar refractivity (Wildman–Crippen MR) is 59.2 cm³/mol. The van der Waals surface area contributed by atoms with Crippen molar-refractivity contribution in [3.8, 4) is 0 Å². The zero-order valence-corrected chi connectivity index (χ0v) is 8.79. The second-order valence-corrected chi connectivity index (χ2v) is 4.33. The monoisotopic (exact) mass is 190 g/mol. The number of nitrogens with zero attached hydrogens (tertiary/aromatic N) is 1. The summed E-state index contributed by atoms with van der Waals surface area (Å²) in [7, 11) is 0. The van der Waals surface area contributed by atoms with E-state index in [0.717, 1.165) is 0 Å². The van der Waals surface area contributed by atoms with Gasteiger partial charge in [-0.2, -0.15) is 0 Å². The maximum atomic E-state index is 5.75. The second-order valence-electron chi connectivity index (χ2n) is 4.33. The minimum absolute atomic E-state index is 0.658. The third-order valence-corrected chi connectivity index (χ3v) is 3.03. The lowest BCUT2D eigenvalue weighted by Crippen LogP contribution is -2.08. The van der Waals surface area contributed by atoms with Gasteiger partial charge < -0.3 is 5.73 Å². The molecule has 0 amide bonds. The molecule has 0 spiro atoms. The lowest BCUT2D eigenvalue weighted by Gasteiger charge is -2.21. The minimum atomic E-state index is 0.658. The van der Waals surface area contributed by atoms with Crippen LogP contribution >= 0.6 is 0 Å². The van der Waals surface area contributed by atoms with E-state index >= 15 is 0 Å². The van der Waals surface area contributed by atoms with E-state index in [4.69, 9.17) is 5.73 Å². The fraction of sp³-hybridized carbons (Fsp3) is 0.583. The maximum Gasteiger partial charge on any atom is 0.123 e. The van der Waals surface area contributed by atoms with Gasteiger partial charge in [0.15, 0.2) is 0 Å². The number of pyridine rings is 1. The molecule has 2 heteroatoms. The first-order valence-electron chi connectivity index (χ1n) is 5.50. The SMILES string of the molecule is Cc1cc(N)nc(C2CCCCC2)c1. The van der Waals surface area contributed by atoms with Gasteiger partial charge >= 0.3 is 0 Å². The van der Waals surface area contributed by atoms with Gasteiger partial charge in [-0.25, -0.2) is 4.98 Å². The summed E-state index contributed by atoms with van der Waals surface area (Å²) in [6.45, 7) is 2.09. The summed E-state index contributed by atoms with van der Waals surface area (Å²) >= 11 is 0. The number of rotatable bonds is 1. The molecule has 1 heterocycles. The smallest absolute Gasteiger partial charge is 0.123 e. The van der Waals surface area contributed by atoms with Gasteiger partial charge in [-0.15, -0.1) is 0 Å².